The molecule has 2 aliphatic rings. The molecular weight excluding hydrogens is 272 g/mol. The van der Waals surface area contributed by atoms with Crippen molar-refractivity contribution in [3.8, 4) is 0 Å². The number of hydrogen-bond acceptors (Lipinski definition) is 4. The second kappa shape index (κ2) is 5.35. The molecule has 1 aromatic rings. The van der Waals surface area contributed by atoms with Crippen LogP contribution >= 0.6 is 0 Å². The van der Waals surface area contributed by atoms with Gasteiger partial charge in [-0.3, -0.25) is 14.9 Å². The van der Waals surface area contributed by atoms with E-state index >= 15 is 0 Å². The summed E-state index contributed by atoms with van der Waals surface area (Å²) in [5.41, 5.74) is 1.00. The number of piperidine rings is 1. The molecule has 0 aromatic heterocycles. The van der Waals surface area contributed by atoms with Crippen molar-refractivity contribution in [2.24, 2.45) is 5.92 Å². The first-order valence-electron chi connectivity index (χ1n) is 7.29. The van der Waals surface area contributed by atoms with Gasteiger partial charge >= 0.3 is 5.97 Å². The molecule has 0 aliphatic carbocycles. The van der Waals surface area contributed by atoms with E-state index in [0.29, 0.717) is 12.1 Å². The van der Waals surface area contributed by atoms with E-state index in [2.05, 4.69) is 4.90 Å². The number of aliphatic carboxylic acids is 1. The van der Waals surface area contributed by atoms with E-state index in [4.69, 9.17) is 5.11 Å². The highest BCUT2D eigenvalue weighted by atomic mass is 16.6. The molecule has 2 aliphatic heterocycles. The van der Waals surface area contributed by atoms with Crippen LogP contribution in [0.15, 0.2) is 24.3 Å². The molecule has 0 radical (unpaired) electrons. The van der Waals surface area contributed by atoms with E-state index in [9.17, 15) is 14.9 Å². The molecule has 1 N–H and O–H groups in total. The lowest BCUT2D eigenvalue weighted by atomic mass is 9.88. The van der Waals surface area contributed by atoms with E-state index in [1.807, 2.05) is 6.07 Å². The maximum atomic E-state index is 10.9. The predicted octanol–water partition coefficient (Wildman–Crippen LogP) is 2.82. The van der Waals surface area contributed by atoms with Crippen molar-refractivity contribution in [1.82, 2.24) is 0 Å². The van der Waals surface area contributed by atoms with Crippen LogP contribution in [0.1, 0.15) is 32.1 Å². The zero-order valence-electron chi connectivity index (χ0n) is 11.6. The summed E-state index contributed by atoms with van der Waals surface area (Å²) >= 11 is 0. The summed E-state index contributed by atoms with van der Waals surface area (Å²) < 4.78 is 0. The topological polar surface area (TPSA) is 83.7 Å². The first-order chi connectivity index (χ1) is 10.0. The third kappa shape index (κ3) is 2.70. The Morgan fingerprint density at radius 3 is 2.57 bits per heavy atom. The molecule has 3 rings (SSSR count). The zero-order chi connectivity index (χ0) is 15.0. The number of hydrogen-bond donors (Lipinski definition) is 1. The van der Waals surface area contributed by atoms with Crippen LogP contribution in [0.2, 0.25) is 0 Å². The van der Waals surface area contributed by atoms with Crippen molar-refractivity contribution < 1.29 is 14.8 Å². The van der Waals surface area contributed by atoms with Crippen LogP contribution in [0.4, 0.5) is 11.4 Å². The van der Waals surface area contributed by atoms with Crippen molar-refractivity contribution in [2.45, 2.75) is 44.2 Å². The summed E-state index contributed by atoms with van der Waals surface area (Å²) in [6.45, 7) is 0. The molecular formula is C15H18N2O4. The fourth-order valence-corrected chi connectivity index (χ4v) is 3.89. The molecule has 112 valence electrons. The number of carboxylic acids is 1. The quantitative estimate of drug-likeness (QED) is 0.681. The Hall–Kier alpha value is -2.11. The van der Waals surface area contributed by atoms with E-state index in [1.165, 1.54) is 6.07 Å². The van der Waals surface area contributed by atoms with Crippen molar-refractivity contribution in [2.75, 3.05) is 4.90 Å². The summed E-state index contributed by atoms with van der Waals surface area (Å²) in [7, 11) is 0. The zero-order valence-corrected chi connectivity index (χ0v) is 11.6. The Labute approximate surface area is 122 Å². The SMILES string of the molecule is O=C(O)CC1CC2CCC(C1)N2c1cccc([N+](=O)[O-])c1. The number of anilines is 1. The molecule has 2 heterocycles. The smallest absolute Gasteiger partial charge is 0.303 e. The van der Waals surface area contributed by atoms with E-state index in [1.54, 1.807) is 12.1 Å². The number of non-ortho nitro benzene ring substituents is 1. The van der Waals surface area contributed by atoms with Crippen molar-refractivity contribution in [1.29, 1.82) is 0 Å². The van der Waals surface area contributed by atoms with Crippen LogP contribution in [0.25, 0.3) is 0 Å². The van der Waals surface area contributed by atoms with Gasteiger partial charge in [0.25, 0.3) is 5.69 Å². The molecule has 2 saturated heterocycles. The molecule has 2 atom stereocenters. The maximum Gasteiger partial charge on any atom is 0.303 e. The molecule has 0 amide bonds. The van der Waals surface area contributed by atoms with Gasteiger partial charge in [-0.2, -0.15) is 0 Å². The summed E-state index contributed by atoms with van der Waals surface area (Å²) in [5, 5.41) is 19.9. The Balaban J connectivity index is 1.80. The number of rotatable bonds is 4. The average molecular weight is 290 g/mol. The number of benzene rings is 1. The molecule has 2 fully saturated rings. The number of fused-ring (bicyclic) bond motifs is 2. The van der Waals surface area contributed by atoms with Crippen LogP contribution in [0, 0.1) is 16.0 Å². The molecule has 6 nitrogen and oxygen atoms in total. The van der Waals surface area contributed by atoms with Crippen LogP contribution in [0.3, 0.4) is 0 Å². The number of carboxylic acid groups (broad SMARTS) is 1. The van der Waals surface area contributed by atoms with Gasteiger partial charge in [-0.1, -0.05) is 6.07 Å². The van der Waals surface area contributed by atoms with Gasteiger partial charge in [0.1, 0.15) is 0 Å². The number of nitro groups is 1. The van der Waals surface area contributed by atoms with Crippen LogP contribution < -0.4 is 4.90 Å². The average Bonchev–Trinajstić information content (AvgIpc) is 2.70. The minimum atomic E-state index is -0.733. The first kappa shape index (κ1) is 13.9. The van der Waals surface area contributed by atoms with E-state index in [0.717, 1.165) is 31.4 Å². The van der Waals surface area contributed by atoms with E-state index < -0.39 is 5.97 Å². The fraction of sp³-hybridized carbons (Fsp3) is 0.533. The van der Waals surface area contributed by atoms with Gasteiger partial charge in [0.2, 0.25) is 0 Å². The van der Waals surface area contributed by atoms with Gasteiger partial charge < -0.3 is 10.0 Å². The minimum absolute atomic E-state index is 0.111. The normalized spacial score (nSPS) is 27.6. The lowest BCUT2D eigenvalue weighted by Gasteiger charge is -2.40. The van der Waals surface area contributed by atoms with Crippen LogP contribution in [0.5, 0.6) is 0 Å². The van der Waals surface area contributed by atoms with Crippen LogP contribution in [-0.4, -0.2) is 28.1 Å². The minimum Gasteiger partial charge on any atom is -0.481 e. The van der Waals surface area contributed by atoms with Crippen LogP contribution in [-0.2, 0) is 4.79 Å². The van der Waals surface area contributed by atoms with Gasteiger partial charge in [-0.05, 0) is 37.7 Å². The largest absolute Gasteiger partial charge is 0.481 e. The first-order valence-corrected chi connectivity index (χ1v) is 7.29. The lowest BCUT2D eigenvalue weighted by molar-refractivity contribution is -0.384. The number of nitrogens with zero attached hydrogens (tertiary/aromatic N) is 2. The highest BCUT2D eigenvalue weighted by molar-refractivity contribution is 5.67. The second-order valence-corrected chi connectivity index (χ2v) is 6.00. The van der Waals surface area contributed by atoms with Gasteiger partial charge in [0.15, 0.2) is 0 Å². The Morgan fingerprint density at radius 1 is 1.33 bits per heavy atom. The molecule has 0 spiro atoms. The molecule has 6 heteroatoms. The number of nitro benzene ring substituents is 1. The molecule has 2 unspecified atom stereocenters. The fourth-order valence-electron chi connectivity index (χ4n) is 3.89. The molecule has 0 saturated carbocycles. The van der Waals surface area contributed by atoms with Gasteiger partial charge in [-0.15, -0.1) is 0 Å². The third-order valence-electron chi connectivity index (χ3n) is 4.63. The van der Waals surface area contributed by atoms with Gasteiger partial charge in [-0.25, -0.2) is 0 Å². The Morgan fingerprint density at radius 2 is 2.00 bits per heavy atom. The standard InChI is InChI=1S/C15H18N2O4/c18-15(19)8-10-6-12-4-5-13(7-10)16(12)11-2-1-3-14(9-11)17(20)21/h1-3,9-10,12-13H,4-8H2,(H,18,19). The maximum absolute atomic E-state index is 10.9. The molecule has 1 aromatic carbocycles. The molecule has 21 heavy (non-hydrogen) atoms. The summed E-state index contributed by atoms with van der Waals surface area (Å²) in [6, 6.07) is 7.39. The highest BCUT2D eigenvalue weighted by Crippen LogP contribution is 2.43. The van der Waals surface area contributed by atoms with E-state index in [-0.39, 0.29) is 22.9 Å². The summed E-state index contributed by atoms with van der Waals surface area (Å²) in [6.07, 6.45) is 4.06. The number of carbonyl (C=O) groups is 1. The monoisotopic (exact) mass is 290 g/mol. The summed E-state index contributed by atoms with van der Waals surface area (Å²) in [5.74, 6) is -0.502. The van der Waals surface area contributed by atoms with Crippen molar-refractivity contribution >= 4 is 17.3 Å². The van der Waals surface area contributed by atoms with Gasteiger partial charge in [0, 0.05) is 36.3 Å². The Bertz CT molecular complexity index is 561. The summed E-state index contributed by atoms with van der Waals surface area (Å²) in [4.78, 5) is 23.7. The lowest BCUT2D eigenvalue weighted by Crippen LogP contribution is -2.43. The third-order valence-corrected chi connectivity index (χ3v) is 4.63. The Kier molecular flexibility index (Phi) is 3.53. The van der Waals surface area contributed by atoms with Crippen molar-refractivity contribution in [3.63, 3.8) is 0 Å². The molecule has 2 bridgehead atoms. The second-order valence-electron chi connectivity index (χ2n) is 6.00. The van der Waals surface area contributed by atoms with Crippen molar-refractivity contribution in [3.05, 3.63) is 34.4 Å². The highest BCUT2D eigenvalue weighted by Gasteiger charge is 2.41. The predicted molar refractivity (Wildman–Crippen MR) is 77.4 cm³/mol. The van der Waals surface area contributed by atoms with Gasteiger partial charge in [0.05, 0.1) is 4.92 Å².